The Morgan fingerprint density at radius 3 is 2.29 bits per heavy atom. The Labute approximate surface area is 185 Å². The third-order valence-electron chi connectivity index (χ3n) is 4.36. The predicted molar refractivity (Wildman–Crippen MR) is 125 cm³/mol. The predicted octanol–water partition coefficient (Wildman–Crippen LogP) is 5.99. The average Bonchev–Trinajstić information content (AvgIpc) is 3.24. The van der Waals surface area contributed by atoms with E-state index < -0.39 is 0 Å². The number of carbonyl (C=O) groups is 1. The van der Waals surface area contributed by atoms with E-state index in [9.17, 15) is 4.79 Å². The molecule has 0 saturated heterocycles. The van der Waals surface area contributed by atoms with E-state index in [1.165, 1.54) is 11.3 Å². The second-order valence-corrected chi connectivity index (χ2v) is 7.98. The van der Waals surface area contributed by atoms with Crippen molar-refractivity contribution in [3.8, 4) is 17.0 Å². The standard InChI is InChI=1S/C24H22N4O2S/c1-16(2)30-21-9-3-18(4-10-21)23(29)26-19-5-7-20(8-6-19)27-24-28-22(15-31-24)17-11-13-25-14-12-17/h3-16H,1-2H3,(H,26,29)(H,27,28). The second kappa shape index (κ2) is 9.40. The number of nitrogens with zero attached hydrogens (tertiary/aromatic N) is 2. The van der Waals surface area contributed by atoms with Crippen molar-refractivity contribution in [1.82, 2.24) is 9.97 Å². The van der Waals surface area contributed by atoms with Crippen LogP contribution in [0.1, 0.15) is 24.2 Å². The lowest BCUT2D eigenvalue weighted by molar-refractivity contribution is 0.102. The Balaban J connectivity index is 1.36. The van der Waals surface area contributed by atoms with E-state index in [4.69, 9.17) is 4.74 Å². The highest BCUT2D eigenvalue weighted by Gasteiger charge is 2.08. The van der Waals surface area contributed by atoms with Gasteiger partial charge in [0.2, 0.25) is 0 Å². The molecule has 0 atom stereocenters. The van der Waals surface area contributed by atoms with E-state index in [0.717, 1.165) is 33.5 Å². The van der Waals surface area contributed by atoms with E-state index in [1.54, 1.807) is 36.7 Å². The summed E-state index contributed by atoms with van der Waals surface area (Å²) in [6, 6.07) is 18.5. The van der Waals surface area contributed by atoms with Crippen LogP contribution in [0.4, 0.5) is 16.5 Å². The third-order valence-corrected chi connectivity index (χ3v) is 5.12. The molecule has 2 heterocycles. The zero-order chi connectivity index (χ0) is 21.6. The van der Waals surface area contributed by atoms with Gasteiger partial charge < -0.3 is 15.4 Å². The highest BCUT2D eigenvalue weighted by Crippen LogP contribution is 2.27. The van der Waals surface area contributed by atoms with Crippen LogP contribution in [0.25, 0.3) is 11.3 Å². The van der Waals surface area contributed by atoms with Crippen LogP contribution in [0.2, 0.25) is 0 Å². The molecule has 1 amide bonds. The maximum absolute atomic E-state index is 12.5. The van der Waals surface area contributed by atoms with Gasteiger partial charge in [-0.3, -0.25) is 9.78 Å². The molecular formula is C24H22N4O2S. The van der Waals surface area contributed by atoms with Crippen LogP contribution in [0, 0.1) is 0 Å². The first-order valence-electron chi connectivity index (χ1n) is 9.88. The van der Waals surface area contributed by atoms with Crippen LogP contribution in [-0.4, -0.2) is 22.0 Å². The normalized spacial score (nSPS) is 10.7. The molecule has 2 N–H and O–H groups in total. The van der Waals surface area contributed by atoms with Crippen LogP contribution >= 0.6 is 11.3 Å². The Hall–Kier alpha value is -3.71. The molecule has 4 aromatic rings. The van der Waals surface area contributed by atoms with Gasteiger partial charge in [-0.25, -0.2) is 4.98 Å². The van der Waals surface area contributed by atoms with Crippen LogP contribution in [0.15, 0.2) is 78.4 Å². The van der Waals surface area contributed by atoms with Crippen LogP contribution in [-0.2, 0) is 0 Å². The van der Waals surface area contributed by atoms with Gasteiger partial charge in [-0.1, -0.05) is 0 Å². The fourth-order valence-electron chi connectivity index (χ4n) is 2.91. The van der Waals surface area contributed by atoms with Crippen LogP contribution < -0.4 is 15.4 Å². The van der Waals surface area contributed by atoms with Gasteiger partial charge in [0, 0.05) is 40.3 Å². The molecule has 2 aromatic heterocycles. The van der Waals surface area contributed by atoms with Gasteiger partial charge in [0.1, 0.15) is 5.75 Å². The molecule has 0 aliphatic rings. The van der Waals surface area contributed by atoms with Crippen molar-refractivity contribution in [2.24, 2.45) is 0 Å². The number of aromatic nitrogens is 2. The van der Waals surface area contributed by atoms with Crippen molar-refractivity contribution in [2.75, 3.05) is 10.6 Å². The summed E-state index contributed by atoms with van der Waals surface area (Å²) < 4.78 is 5.61. The summed E-state index contributed by atoms with van der Waals surface area (Å²) in [5, 5.41) is 9.00. The fraction of sp³-hybridized carbons (Fsp3) is 0.125. The molecule has 156 valence electrons. The first-order valence-corrected chi connectivity index (χ1v) is 10.8. The van der Waals surface area contributed by atoms with Gasteiger partial charge in [0.05, 0.1) is 11.8 Å². The second-order valence-electron chi connectivity index (χ2n) is 7.12. The molecule has 4 rings (SSSR count). The number of carbonyl (C=O) groups excluding carboxylic acids is 1. The van der Waals surface area contributed by atoms with Gasteiger partial charge in [0.25, 0.3) is 5.91 Å². The Morgan fingerprint density at radius 1 is 0.935 bits per heavy atom. The number of thiazole rings is 1. The highest BCUT2D eigenvalue weighted by atomic mass is 32.1. The molecule has 0 radical (unpaired) electrons. The minimum Gasteiger partial charge on any atom is -0.491 e. The summed E-state index contributed by atoms with van der Waals surface area (Å²) in [5.74, 6) is 0.579. The third kappa shape index (κ3) is 5.46. The molecule has 0 aliphatic heterocycles. The first kappa shape index (κ1) is 20.6. The number of hydrogen-bond donors (Lipinski definition) is 2. The molecule has 0 fully saturated rings. The molecule has 7 heteroatoms. The summed E-state index contributed by atoms with van der Waals surface area (Å²) in [4.78, 5) is 21.1. The Bertz CT molecular complexity index is 1140. The number of amides is 1. The van der Waals surface area contributed by atoms with Gasteiger partial charge in [0.15, 0.2) is 5.13 Å². The maximum atomic E-state index is 12.5. The Kier molecular flexibility index (Phi) is 6.24. The van der Waals surface area contributed by atoms with Gasteiger partial charge in [-0.05, 0) is 74.5 Å². The summed E-state index contributed by atoms with van der Waals surface area (Å²) in [6.07, 6.45) is 3.60. The van der Waals surface area contributed by atoms with Crippen LogP contribution in [0.3, 0.4) is 0 Å². The average molecular weight is 431 g/mol. The van der Waals surface area contributed by atoms with E-state index in [-0.39, 0.29) is 12.0 Å². The summed E-state index contributed by atoms with van der Waals surface area (Å²) >= 11 is 1.53. The zero-order valence-electron chi connectivity index (χ0n) is 17.2. The number of hydrogen-bond acceptors (Lipinski definition) is 6. The van der Waals surface area contributed by atoms with E-state index >= 15 is 0 Å². The molecule has 2 aromatic carbocycles. The molecule has 6 nitrogen and oxygen atoms in total. The van der Waals surface area contributed by atoms with Crippen LogP contribution in [0.5, 0.6) is 5.75 Å². The molecule has 31 heavy (non-hydrogen) atoms. The lowest BCUT2D eigenvalue weighted by atomic mass is 10.2. The molecule has 0 spiro atoms. The molecule has 0 bridgehead atoms. The van der Waals surface area contributed by atoms with E-state index in [2.05, 4.69) is 20.6 Å². The molecular weight excluding hydrogens is 408 g/mol. The quantitative estimate of drug-likeness (QED) is 0.377. The fourth-order valence-corrected chi connectivity index (χ4v) is 3.65. The first-order chi connectivity index (χ1) is 15.1. The summed E-state index contributed by atoms with van der Waals surface area (Å²) in [7, 11) is 0. The van der Waals surface area contributed by atoms with E-state index in [1.807, 2.05) is 55.6 Å². The maximum Gasteiger partial charge on any atom is 0.255 e. The zero-order valence-corrected chi connectivity index (χ0v) is 18.0. The van der Waals surface area contributed by atoms with Crippen molar-refractivity contribution < 1.29 is 9.53 Å². The number of pyridine rings is 1. The van der Waals surface area contributed by atoms with Gasteiger partial charge >= 0.3 is 0 Å². The van der Waals surface area contributed by atoms with Crippen molar-refractivity contribution in [3.63, 3.8) is 0 Å². The van der Waals surface area contributed by atoms with Crippen molar-refractivity contribution in [1.29, 1.82) is 0 Å². The largest absolute Gasteiger partial charge is 0.491 e. The number of nitrogens with one attached hydrogen (secondary N) is 2. The Morgan fingerprint density at radius 2 is 1.61 bits per heavy atom. The lowest BCUT2D eigenvalue weighted by Crippen LogP contribution is -2.12. The smallest absolute Gasteiger partial charge is 0.255 e. The van der Waals surface area contributed by atoms with Gasteiger partial charge in [-0.15, -0.1) is 11.3 Å². The van der Waals surface area contributed by atoms with Crippen molar-refractivity contribution in [3.05, 3.63) is 84.0 Å². The van der Waals surface area contributed by atoms with Crippen molar-refractivity contribution >= 4 is 33.8 Å². The van der Waals surface area contributed by atoms with E-state index in [0.29, 0.717) is 5.56 Å². The lowest BCUT2D eigenvalue weighted by Gasteiger charge is -2.10. The number of benzene rings is 2. The minimum absolute atomic E-state index is 0.0957. The number of ether oxygens (including phenoxy) is 1. The SMILES string of the molecule is CC(C)Oc1ccc(C(=O)Nc2ccc(Nc3nc(-c4ccncc4)cs3)cc2)cc1. The monoisotopic (exact) mass is 430 g/mol. The number of anilines is 3. The van der Waals surface area contributed by atoms with Crippen molar-refractivity contribution in [2.45, 2.75) is 20.0 Å². The highest BCUT2D eigenvalue weighted by molar-refractivity contribution is 7.14. The molecule has 0 saturated carbocycles. The topological polar surface area (TPSA) is 76.1 Å². The van der Waals surface area contributed by atoms with Gasteiger partial charge in [-0.2, -0.15) is 0 Å². The summed E-state index contributed by atoms with van der Waals surface area (Å²) in [6.45, 7) is 3.93. The minimum atomic E-state index is -0.168. The molecule has 0 unspecified atom stereocenters. The molecule has 0 aliphatic carbocycles. The summed E-state index contributed by atoms with van der Waals surface area (Å²) in [5.41, 5.74) is 4.12. The number of rotatable bonds is 7.